The summed E-state index contributed by atoms with van der Waals surface area (Å²) >= 11 is 2.19. The molecule has 1 aromatic heterocycles. The van der Waals surface area contributed by atoms with Crippen molar-refractivity contribution < 1.29 is 14.3 Å². The van der Waals surface area contributed by atoms with E-state index in [2.05, 4.69) is 27.6 Å². The van der Waals surface area contributed by atoms with Gasteiger partial charge < -0.3 is 14.4 Å². The highest BCUT2D eigenvalue weighted by Gasteiger charge is 2.35. The van der Waals surface area contributed by atoms with E-state index in [1.54, 1.807) is 17.3 Å². The van der Waals surface area contributed by atoms with Crippen molar-refractivity contribution in [3.05, 3.63) is 22.0 Å². The molecule has 5 nitrogen and oxygen atoms in total. The molecule has 2 rings (SSSR count). The quantitative estimate of drug-likeness (QED) is 0.745. The molecule has 0 N–H and O–H groups in total. The fourth-order valence-electron chi connectivity index (χ4n) is 1.84. The van der Waals surface area contributed by atoms with Crippen LogP contribution in [0.5, 0.6) is 5.75 Å². The Labute approximate surface area is 132 Å². The lowest BCUT2D eigenvalue weighted by Crippen LogP contribution is -2.55. The molecule has 6 heteroatoms. The fourth-order valence-corrected chi connectivity index (χ4v) is 2.31. The second-order valence-electron chi connectivity index (χ2n) is 5.77. The molecule has 0 aromatic carbocycles. The van der Waals surface area contributed by atoms with Crippen molar-refractivity contribution in [3.63, 3.8) is 0 Å². The molecular formula is C14H19IN2O3. The summed E-state index contributed by atoms with van der Waals surface area (Å²) in [6, 6.07) is 2.01. The number of amides is 1. The summed E-state index contributed by atoms with van der Waals surface area (Å²) in [5, 5.41) is 0. The summed E-state index contributed by atoms with van der Waals surface area (Å²) < 4.78 is 12.1. The van der Waals surface area contributed by atoms with E-state index in [9.17, 15) is 4.79 Å². The number of halogens is 1. The molecule has 1 aliphatic heterocycles. The maximum atomic E-state index is 12.0. The van der Waals surface area contributed by atoms with Gasteiger partial charge in [0.15, 0.2) is 0 Å². The van der Waals surface area contributed by atoms with Gasteiger partial charge in [-0.1, -0.05) is 0 Å². The fraction of sp³-hybridized carbons (Fsp3) is 0.571. The van der Waals surface area contributed by atoms with Crippen molar-refractivity contribution in [2.75, 3.05) is 13.2 Å². The second-order valence-corrected chi connectivity index (χ2v) is 7.01. The minimum Gasteiger partial charge on any atom is -0.490 e. The van der Waals surface area contributed by atoms with E-state index in [1.807, 2.05) is 26.8 Å². The van der Waals surface area contributed by atoms with Crippen molar-refractivity contribution in [2.24, 2.45) is 0 Å². The van der Waals surface area contributed by atoms with Crippen molar-refractivity contribution in [2.45, 2.75) is 38.8 Å². The Kier molecular flexibility index (Phi) is 4.72. The van der Waals surface area contributed by atoms with E-state index in [4.69, 9.17) is 9.47 Å². The standard InChI is InChI=1S/C14H19IN2O3/c1-14(2,3)20-13(18)17-5-4-11(17)9-19-12-6-10(15)7-16-8-12/h6-8,11H,4-5,9H2,1-3H3/t11-/m1/s1. The topological polar surface area (TPSA) is 51.7 Å². The Bertz CT molecular complexity index is 488. The number of hydrogen-bond acceptors (Lipinski definition) is 4. The Morgan fingerprint density at radius 2 is 2.25 bits per heavy atom. The Hall–Kier alpha value is -1.05. The number of carbonyl (C=O) groups excluding carboxylic acids is 1. The molecule has 2 heterocycles. The van der Waals surface area contributed by atoms with E-state index in [1.165, 1.54) is 0 Å². The average molecular weight is 390 g/mol. The van der Waals surface area contributed by atoms with E-state index < -0.39 is 5.60 Å². The summed E-state index contributed by atoms with van der Waals surface area (Å²) in [6.07, 6.45) is 4.12. The van der Waals surface area contributed by atoms with Gasteiger partial charge in [0, 0.05) is 16.3 Å². The van der Waals surface area contributed by atoms with Crippen LogP contribution in [0.3, 0.4) is 0 Å². The molecule has 1 atom stereocenters. The molecule has 1 fully saturated rings. The Morgan fingerprint density at radius 1 is 1.50 bits per heavy atom. The van der Waals surface area contributed by atoms with Crippen LogP contribution in [-0.2, 0) is 4.74 Å². The van der Waals surface area contributed by atoms with Gasteiger partial charge in [0.2, 0.25) is 0 Å². The minimum absolute atomic E-state index is 0.0858. The van der Waals surface area contributed by atoms with E-state index >= 15 is 0 Å². The van der Waals surface area contributed by atoms with Crippen LogP contribution in [-0.4, -0.2) is 40.8 Å². The second kappa shape index (κ2) is 6.15. The SMILES string of the molecule is CC(C)(C)OC(=O)N1CC[C@@H]1COc1cncc(I)c1. The molecule has 0 aliphatic carbocycles. The van der Waals surface area contributed by atoms with Crippen LogP contribution in [0.25, 0.3) is 0 Å². The zero-order chi connectivity index (χ0) is 14.8. The van der Waals surface area contributed by atoms with Gasteiger partial charge in [0.05, 0.1) is 12.2 Å². The van der Waals surface area contributed by atoms with Gasteiger partial charge in [-0.3, -0.25) is 4.98 Å². The maximum Gasteiger partial charge on any atom is 0.410 e. The van der Waals surface area contributed by atoms with Crippen LogP contribution in [0.1, 0.15) is 27.2 Å². The first kappa shape index (κ1) is 15.3. The average Bonchev–Trinajstić information content (AvgIpc) is 2.24. The number of hydrogen-bond donors (Lipinski definition) is 0. The molecular weight excluding hydrogens is 371 g/mol. The number of nitrogens with zero attached hydrogens (tertiary/aromatic N) is 2. The molecule has 110 valence electrons. The lowest BCUT2D eigenvalue weighted by Gasteiger charge is -2.40. The molecule has 1 amide bonds. The molecule has 0 bridgehead atoms. The van der Waals surface area contributed by atoms with Gasteiger partial charge >= 0.3 is 6.09 Å². The number of rotatable bonds is 3. The van der Waals surface area contributed by atoms with Crippen LogP contribution >= 0.6 is 22.6 Å². The van der Waals surface area contributed by atoms with Gasteiger partial charge in [0.25, 0.3) is 0 Å². The summed E-state index contributed by atoms with van der Waals surface area (Å²) in [6.45, 7) is 6.81. The van der Waals surface area contributed by atoms with Crippen molar-refractivity contribution in [3.8, 4) is 5.75 Å². The van der Waals surface area contributed by atoms with Crippen LogP contribution in [0.15, 0.2) is 18.5 Å². The lowest BCUT2D eigenvalue weighted by molar-refractivity contribution is -0.0141. The Balaban J connectivity index is 1.84. The normalized spacial score (nSPS) is 18.4. The molecule has 1 aromatic rings. The highest BCUT2D eigenvalue weighted by atomic mass is 127. The van der Waals surface area contributed by atoms with Gasteiger partial charge in [-0.2, -0.15) is 0 Å². The third kappa shape index (κ3) is 4.22. The highest BCUT2D eigenvalue weighted by molar-refractivity contribution is 14.1. The van der Waals surface area contributed by atoms with Crippen LogP contribution in [0.2, 0.25) is 0 Å². The molecule has 20 heavy (non-hydrogen) atoms. The number of carbonyl (C=O) groups is 1. The van der Waals surface area contributed by atoms with E-state index in [-0.39, 0.29) is 12.1 Å². The van der Waals surface area contributed by atoms with Crippen molar-refractivity contribution >= 4 is 28.7 Å². The summed E-state index contributed by atoms with van der Waals surface area (Å²) in [5.41, 5.74) is -0.461. The number of likely N-dealkylation sites (tertiary alicyclic amines) is 1. The summed E-state index contributed by atoms with van der Waals surface area (Å²) in [4.78, 5) is 17.7. The first-order chi connectivity index (χ1) is 9.35. The predicted molar refractivity (Wildman–Crippen MR) is 83.8 cm³/mol. The van der Waals surface area contributed by atoms with E-state index in [0.717, 1.165) is 22.3 Å². The highest BCUT2D eigenvalue weighted by Crippen LogP contribution is 2.22. The van der Waals surface area contributed by atoms with Gasteiger partial charge in [0.1, 0.15) is 18.0 Å². The monoisotopic (exact) mass is 390 g/mol. The van der Waals surface area contributed by atoms with E-state index in [0.29, 0.717) is 6.61 Å². The number of aromatic nitrogens is 1. The largest absolute Gasteiger partial charge is 0.490 e. The third-order valence-electron chi connectivity index (χ3n) is 2.89. The molecule has 0 saturated carbocycles. The third-order valence-corrected chi connectivity index (χ3v) is 3.48. The van der Waals surface area contributed by atoms with Gasteiger partial charge in [-0.15, -0.1) is 0 Å². The van der Waals surface area contributed by atoms with Crippen LogP contribution < -0.4 is 4.74 Å². The summed E-state index contributed by atoms with van der Waals surface area (Å²) in [7, 11) is 0. The molecule has 1 aliphatic rings. The van der Waals surface area contributed by atoms with Crippen LogP contribution in [0.4, 0.5) is 4.79 Å². The maximum absolute atomic E-state index is 12.0. The van der Waals surface area contributed by atoms with Gasteiger partial charge in [-0.05, 0) is 55.8 Å². The number of pyridine rings is 1. The zero-order valence-corrected chi connectivity index (χ0v) is 14.1. The van der Waals surface area contributed by atoms with Crippen molar-refractivity contribution in [1.29, 1.82) is 0 Å². The zero-order valence-electron chi connectivity index (χ0n) is 11.9. The summed E-state index contributed by atoms with van der Waals surface area (Å²) in [5.74, 6) is 0.730. The van der Waals surface area contributed by atoms with Crippen molar-refractivity contribution in [1.82, 2.24) is 9.88 Å². The first-order valence-electron chi connectivity index (χ1n) is 6.58. The molecule has 1 saturated heterocycles. The predicted octanol–water partition coefficient (Wildman–Crippen LogP) is 3.07. The lowest BCUT2D eigenvalue weighted by atomic mass is 10.1. The Morgan fingerprint density at radius 3 is 2.80 bits per heavy atom. The van der Waals surface area contributed by atoms with Gasteiger partial charge in [-0.25, -0.2) is 4.79 Å². The smallest absolute Gasteiger partial charge is 0.410 e. The first-order valence-corrected chi connectivity index (χ1v) is 7.66. The molecule has 0 radical (unpaired) electrons. The molecule has 0 spiro atoms. The van der Waals surface area contributed by atoms with Crippen LogP contribution in [0, 0.1) is 3.57 Å². The number of ether oxygens (including phenoxy) is 2. The molecule has 0 unspecified atom stereocenters. The minimum atomic E-state index is -0.461.